The molecule has 5 nitrogen and oxygen atoms in total. The van der Waals surface area contributed by atoms with Crippen molar-refractivity contribution in [1.29, 1.82) is 0 Å². The van der Waals surface area contributed by atoms with E-state index in [1.807, 2.05) is 11.0 Å². The molecular weight excluding hydrogens is 230 g/mol. The van der Waals surface area contributed by atoms with Gasteiger partial charge >= 0.3 is 5.97 Å². The van der Waals surface area contributed by atoms with Crippen molar-refractivity contribution in [2.45, 2.75) is 31.3 Å². The summed E-state index contributed by atoms with van der Waals surface area (Å²) in [7, 11) is 0. The Kier molecular flexibility index (Phi) is 3.63. The van der Waals surface area contributed by atoms with Crippen LogP contribution in [0.25, 0.3) is 0 Å². The molecule has 3 N–H and O–H groups in total. The Labute approximate surface area is 107 Å². The number of aromatic nitrogens is 1. The average Bonchev–Trinajstić information content (AvgIpc) is 2.39. The Hall–Kier alpha value is -1.46. The van der Waals surface area contributed by atoms with E-state index in [0.717, 1.165) is 12.8 Å². The van der Waals surface area contributed by atoms with E-state index in [2.05, 4.69) is 4.98 Å². The van der Waals surface area contributed by atoms with Gasteiger partial charge in [-0.05, 0) is 25.8 Å². The van der Waals surface area contributed by atoms with Crippen LogP contribution >= 0.6 is 0 Å². The third-order valence-electron chi connectivity index (χ3n) is 3.81. The number of rotatable bonds is 3. The summed E-state index contributed by atoms with van der Waals surface area (Å²) in [5, 5.41) is 9.60. The molecule has 1 aliphatic rings. The first-order chi connectivity index (χ1) is 8.55. The van der Waals surface area contributed by atoms with Crippen LogP contribution in [0, 0.1) is 0 Å². The average molecular weight is 249 g/mol. The van der Waals surface area contributed by atoms with Gasteiger partial charge in [-0.25, -0.2) is 4.79 Å². The van der Waals surface area contributed by atoms with Crippen molar-refractivity contribution in [3.8, 4) is 0 Å². The van der Waals surface area contributed by atoms with Crippen LogP contribution in [0.5, 0.6) is 0 Å². The Bertz CT molecular complexity index is 416. The summed E-state index contributed by atoms with van der Waals surface area (Å²) >= 11 is 0. The summed E-state index contributed by atoms with van der Waals surface area (Å²) in [5.41, 5.74) is 5.56. The lowest BCUT2D eigenvalue weighted by molar-refractivity contribution is -0.152. The number of carboxylic acids is 1. The number of hydrogen-bond donors (Lipinski definition) is 2. The zero-order valence-corrected chi connectivity index (χ0v) is 10.5. The van der Waals surface area contributed by atoms with E-state index in [-0.39, 0.29) is 6.04 Å². The zero-order valence-electron chi connectivity index (χ0n) is 10.5. The lowest BCUT2D eigenvalue weighted by atomic mass is 9.88. The Morgan fingerprint density at radius 3 is 2.72 bits per heavy atom. The van der Waals surface area contributed by atoms with Crippen LogP contribution in [0.4, 0.5) is 0 Å². The van der Waals surface area contributed by atoms with Gasteiger partial charge in [0.05, 0.1) is 0 Å². The van der Waals surface area contributed by atoms with Crippen LogP contribution in [-0.4, -0.2) is 40.1 Å². The maximum atomic E-state index is 11.7. The standard InChI is InChI=1S/C13H19N3O2/c1-13(12(17)18,10-3-2-6-15-9-10)16-7-4-11(14)5-8-16/h2-3,6,9,11H,4-5,7-8,14H2,1H3,(H,17,18). The van der Waals surface area contributed by atoms with Gasteiger partial charge in [0, 0.05) is 37.1 Å². The molecule has 5 heteroatoms. The molecule has 1 aliphatic heterocycles. The third-order valence-corrected chi connectivity index (χ3v) is 3.81. The maximum absolute atomic E-state index is 11.7. The molecule has 1 unspecified atom stereocenters. The fourth-order valence-electron chi connectivity index (χ4n) is 2.44. The first-order valence-corrected chi connectivity index (χ1v) is 6.19. The molecular formula is C13H19N3O2. The van der Waals surface area contributed by atoms with Crippen molar-refractivity contribution < 1.29 is 9.90 Å². The molecule has 2 rings (SSSR count). The highest BCUT2D eigenvalue weighted by Gasteiger charge is 2.42. The highest BCUT2D eigenvalue weighted by atomic mass is 16.4. The van der Waals surface area contributed by atoms with Crippen molar-refractivity contribution in [2.24, 2.45) is 5.73 Å². The second-order valence-corrected chi connectivity index (χ2v) is 4.94. The smallest absolute Gasteiger partial charge is 0.328 e. The molecule has 1 aromatic rings. The predicted octanol–water partition coefficient (Wildman–Crippen LogP) is 0.805. The third kappa shape index (κ3) is 2.23. The van der Waals surface area contributed by atoms with Gasteiger partial charge in [-0.15, -0.1) is 0 Å². The second-order valence-electron chi connectivity index (χ2n) is 4.94. The van der Waals surface area contributed by atoms with Gasteiger partial charge in [0.15, 0.2) is 0 Å². The van der Waals surface area contributed by atoms with Crippen LogP contribution in [0.2, 0.25) is 0 Å². The Balaban J connectivity index is 2.30. The number of likely N-dealkylation sites (tertiary alicyclic amines) is 1. The Morgan fingerprint density at radius 1 is 1.56 bits per heavy atom. The number of aliphatic carboxylic acids is 1. The summed E-state index contributed by atoms with van der Waals surface area (Å²) in [6.07, 6.45) is 4.95. The van der Waals surface area contributed by atoms with Gasteiger partial charge in [0.25, 0.3) is 0 Å². The molecule has 0 spiro atoms. The van der Waals surface area contributed by atoms with E-state index >= 15 is 0 Å². The van der Waals surface area contributed by atoms with Crippen LogP contribution in [0.3, 0.4) is 0 Å². The molecule has 18 heavy (non-hydrogen) atoms. The molecule has 0 bridgehead atoms. The van der Waals surface area contributed by atoms with Crippen LogP contribution < -0.4 is 5.73 Å². The maximum Gasteiger partial charge on any atom is 0.328 e. The first-order valence-electron chi connectivity index (χ1n) is 6.19. The molecule has 0 amide bonds. The topological polar surface area (TPSA) is 79.5 Å². The fraction of sp³-hybridized carbons (Fsp3) is 0.538. The lowest BCUT2D eigenvalue weighted by Crippen LogP contribution is -2.54. The Morgan fingerprint density at radius 2 is 2.22 bits per heavy atom. The highest BCUT2D eigenvalue weighted by molar-refractivity contribution is 5.80. The molecule has 0 aromatic carbocycles. The van der Waals surface area contributed by atoms with Gasteiger partial charge < -0.3 is 10.8 Å². The minimum absolute atomic E-state index is 0.188. The van der Waals surface area contributed by atoms with Crippen LogP contribution in [-0.2, 0) is 10.3 Å². The number of nitrogens with zero attached hydrogens (tertiary/aromatic N) is 2. The number of carbonyl (C=O) groups is 1. The molecule has 1 saturated heterocycles. The lowest BCUT2D eigenvalue weighted by Gasteiger charge is -2.41. The predicted molar refractivity (Wildman–Crippen MR) is 68.0 cm³/mol. The molecule has 2 heterocycles. The van der Waals surface area contributed by atoms with E-state index in [1.54, 1.807) is 25.4 Å². The monoisotopic (exact) mass is 249 g/mol. The zero-order chi connectivity index (χ0) is 13.2. The number of nitrogens with two attached hydrogens (primary N) is 1. The van der Waals surface area contributed by atoms with Crippen molar-refractivity contribution in [3.05, 3.63) is 30.1 Å². The number of pyridine rings is 1. The van der Waals surface area contributed by atoms with E-state index < -0.39 is 11.5 Å². The van der Waals surface area contributed by atoms with Gasteiger partial charge in [-0.2, -0.15) is 0 Å². The van der Waals surface area contributed by atoms with Gasteiger partial charge in [0.1, 0.15) is 5.54 Å². The summed E-state index contributed by atoms with van der Waals surface area (Å²) in [5.74, 6) is -0.842. The summed E-state index contributed by atoms with van der Waals surface area (Å²) < 4.78 is 0. The second kappa shape index (κ2) is 5.04. The molecule has 0 aliphatic carbocycles. The van der Waals surface area contributed by atoms with Crippen molar-refractivity contribution >= 4 is 5.97 Å². The van der Waals surface area contributed by atoms with Crippen LogP contribution in [0.1, 0.15) is 25.3 Å². The summed E-state index contributed by atoms with van der Waals surface area (Å²) in [4.78, 5) is 17.7. The number of hydrogen-bond acceptors (Lipinski definition) is 4. The van der Waals surface area contributed by atoms with E-state index in [1.165, 1.54) is 0 Å². The molecule has 98 valence electrons. The van der Waals surface area contributed by atoms with E-state index in [4.69, 9.17) is 5.73 Å². The van der Waals surface area contributed by atoms with Gasteiger partial charge in [-0.1, -0.05) is 6.07 Å². The summed E-state index contributed by atoms with van der Waals surface area (Å²) in [6.45, 7) is 3.15. The van der Waals surface area contributed by atoms with Gasteiger partial charge in [0.2, 0.25) is 0 Å². The molecule has 0 radical (unpaired) electrons. The van der Waals surface area contributed by atoms with Crippen molar-refractivity contribution in [2.75, 3.05) is 13.1 Å². The minimum Gasteiger partial charge on any atom is -0.480 e. The summed E-state index contributed by atoms with van der Waals surface area (Å²) in [6, 6.07) is 3.77. The molecule has 1 fully saturated rings. The quantitative estimate of drug-likeness (QED) is 0.828. The molecule has 0 saturated carbocycles. The number of carboxylic acid groups (broad SMARTS) is 1. The fourth-order valence-corrected chi connectivity index (χ4v) is 2.44. The minimum atomic E-state index is -1.02. The normalized spacial score (nSPS) is 21.4. The SMILES string of the molecule is CC(C(=O)O)(c1cccnc1)N1CCC(N)CC1. The largest absolute Gasteiger partial charge is 0.480 e. The van der Waals surface area contributed by atoms with Crippen molar-refractivity contribution in [1.82, 2.24) is 9.88 Å². The van der Waals surface area contributed by atoms with E-state index in [9.17, 15) is 9.90 Å². The van der Waals surface area contributed by atoms with Gasteiger partial charge in [-0.3, -0.25) is 9.88 Å². The number of piperidine rings is 1. The first kappa shape index (κ1) is 13.0. The van der Waals surface area contributed by atoms with E-state index in [0.29, 0.717) is 18.7 Å². The highest BCUT2D eigenvalue weighted by Crippen LogP contribution is 2.30. The van der Waals surface area contributed by atoms with Crippen LogP contribution in [0.15, 0.2) is 24.5 Å². The molecule has 1 atom stereocenters. The molecule has 1 aromatic heterocycles. The van der Waals surface area contributed by atoms with Crippen molar-refractivity contribution in [3.63, 3.8) is 0 Å².